The third-order valence-electron chi connectivity index (χ3n) is 2.19. The Morgan fingerprint density at radius 2 is 2.33 bits per heavy atom. The van der Waals surface area contributed by atoms with Crippen molar-refractivity contribution in [2.45, 2.75) is 39.2 Å². The van der Waals surface area contributed by atoms with Crippen molar-refractivity contribution in [1.29, 1.82) is 0 Å². The Morgan fingerprint density at radius 1 is 1.58 bits per heavy atom. The Bertz CT molecular complexity index is 159. The Morgan fingerprint density at radius 3 is 2.83 bits per heavy atom. The molecule has 1 rings (SSSR count). The maximum absolute atomic E-state index is 11.2. The van der Waals surface area contributed by atoms with Crippen molar-refractivity contribution in [3.05, 3.63) is 0 Å². The lowest BCUT2D eigenvalue weighted by Crippen LogP contribution is -2.26. The predicted molar refractivity (Wildman–Crippen MR) is 47.0 cm³/mol. The average molecular weight is 171 g/mol. The molecule has 12 heavy (non-hydrogen) atoms. The van der Waals surface area contributed by atoms with Gasteiger partial charge in [-0.1, -0.05) is 20.3 Å². The van der Waals surface area contributed by atoms with E-state index in [1.807, 2.05) is 6.92 Å². The quantitative estimate of drug-likeness (QED) is 0.647. The van der Waals surface area contributed by atoms with Gasteiger partial charge in [-0.3, -0.25) is 0 Å². The van der Waals surface area contributed by atoms with Crippen LogP contribution < -0.4 is 0 Å². The number of carbonyl (C=O) groups is 1. The molecule has 0 aromatic carbocycles. The second-order valence-electron chi connectivity index (χ2n) is 3.21. The summed E-state index contributed by atoms with van der Waals surface area (Å²) in [7, 11) is 0. The number of cyclic esters (lactones) is 1. The molecule has 0 N–H and O–H groups in total. The van der Waals surface area contributed by atoms with Crippen molar-refractivity contribution in [1.82, 2.24) is 4.90 Å². The van der Waals surface area contributed by atoms with Crippen molar-refractivity contribution >= 4 is 6.09 Å². The Labute approximate surface area is 73.7 Å². The third-order valence-corrected chi connectivity index (χ3v) is 2.19. The Kier molecular flexibility index (Phi) is 3.38. The molecular formula is C9H17NO2. The van der Waals surface area contributed by atoms with E-state index in [1.165, 1.54) is 0 Å². The molecule has 1 fully saturated rings. The molecule has 1 atom stereocenters. The number of hydrogen-bond donors (Lipinski definition) is 0. The molecule has 3 heteroatoms. The molecule has 1 unspecified atom stereocenters. The number of hydrogen-bond acceptors (Lipinski definition) is 2. The molecule has 1 heterocycles. The summed E-state index contributed by atoms with van der Waals surface area (Å²) in [6, 6.07) is 0. The van der Waals surface area contributed by atoms with Crippen molar-refractivity contribution in [3.8, 4) is 0 Å². The Balaban J connectivity index is 2.31. The maximum atomic E-state index is 11.2. The van der Waals surface area contributed by atoms with Crippen LogP contribution in [0.1, 0.15) is 33.1 Å². The fourth-order valence-corrected chi connectivity index (χ4v) is 1.32. The second kappa shape index (κ2) is 4.33. The first-order valence-corrected chi connectivity index (χ1v) is 4.73. The summed E-state index contributed by atoms with van der Waals surface area (Å²) < 4.78 is 5.11. The zero-order valence-corrected chi connectivity index (χ0v) is 7.88. The van der Waals surface area contributed by atoms with E-state index in [-0.39, 0.29) is 12.2 Å². The van der Waals surface area contributed by atoms with Crippen LogP contribution in [0.3, 0.4) is 0 Å². The minimum Gasteiger partial charge on any atom is -0.444 e. The molecular weight excluding hydrogens is 154 g/mol. The summed E-state index contributed by atoms with van der Waals surface area (Å²) in [6.45, 7) is 5.81. The summed E-state index contributed by atoms with van der Waals surface area (Å²) in [4.78, 5) is 13.0. The first kappa shape index (κ1) is 9.36. The lowest BCUT2D eigenvalue weighted by atomic mass is 10.2. The monoisotopic (exact) mass is 171 g/mol. The number of carbonyl (C=O) groups excluding carboxylic acids is 1. The molecule has 0 aliphatic carbocycles. The maximum Gasteiger partial charge on any atom is 0.410 e. The number of amides is 1. The molecule has 0 saturated carbocycles. The smallest absolute Gasteiger partial charge is 0.410 e. The van der Waals surface area contributed by atoms with Gasteiger partial charge in [0.25, 0.3) is 0 Å². The predicted octanol–water partition coefficient (Wildman–Crippen LogP) is 2.02. The van der Waals surface area contributed by atoms with Gasteiger partial charge < -0.3 is 9.64 Å². The van der Waals surface area contributed by atoms with E-state index in [0.29, 0.717) is 0 Å². The van der Waals surface area contributed by atoms with E-state index >= 15 is 0 Å². The minimum absolute atomic E-state index is 0.129. The van der Waals surface area contributed by atoms with Crippen LogP contribution in [-0.2, 0) is 4.74 Å². The topological polar surface area (TPSA) is 29.5 Å². The molecule has 0 spiro atoms. The lowest BCUT2D eigenvalue weighted by Gasteiger charge is -2.10. The minimum atomic E-state index is -0.129. The largest absolute Gasteiger partial charge is 0.444 e. The van der Waals surface area contributed by atoms with E-state index in [0.717, 1.165) is 32.4 Å². The van der Waals surface area contributed by atoms with Crippen LogP contribution in [0, 0.1) is 0 Å². The fraction of sp³-hybridized carbons (Fsp3) is 0.889. The summed E-state index contributed by atoms with van der Waals surface area (Å²) in [5.74, 6) is 0. The first-order valence-electron chi connectivity index (χ1n) is 4.73. The van der Waals surface area contributed by atoms with Crippen LogP contribution in [0.2, 0.25) is 0 Å². The normalized spacial score (nSPS) is 23.0. The van der Waals surface area contributed by atoms with Crippen LogP contribution >= 0.6 is 0 Å². The summed E-state index contributed by atoms with van der Waals surface area (Å²) in [5.41, 5.74) is 0. The molecule has 1 saturated heterocycles. The third kappa shape index (κ3) is 2.13. The van der Waals surface area contributed by atoms with Gasteiger partial charge >= 0.3 is 6.09 Å². The van der Waals surface area contributed by atoms with Crippen LogP contribution in [0.4, 0.5) is 4.79 Å². The van der Waals surface area contributed by atoms with Gasteiger partial charge in [-0.2, -0.15) is 0 Å². The van der Waals surface area contributed by atoms with Gasteiger partial charge in [-0.25, -0.2) is 4.79 Å². The molecule has 0 aromatic heterocycles. The molecule has 0 aromatic rings. The number of unbranched alkanes of at least 4 members (excludes halogenated alkanes) is 1. The number of rotatable bonds is 4. The van der Waals surface area contributed by atoms with Gasteiger partial charge in [0.15, 0.2) is 0 Å². The highest BCUT2D eigenvalue weighted by Gasteiger charge is 2.28. The zero-order valence-electron chi connectivity index (χ0n) is 7.88. The van der Waals surface area contributed by atoms with Gasteiger partial charge in [0.05, 0.1) is 6.54 Å². The van der Waals surface area contributed by atoms with Crippen LogP contribution in [0.5, 0.6) is 0 Å². The van der Waals surface area contributed by atoms with Crippen LogP contribution in [0.15, 0.2) is 0 Å². The zero-order chi connectivity index (χ0) is 8.97. The molecule has 1 aliphatic heterocycles. The summed E-state index contributed by atoms with van der Waals surface area (Å²) in [6.07, 6.45) is 3.13. The van der Waals surface area contributed by atoms with Crippen molar-refractivity contribution in [2.24, 2.45) is 0 Å². The molecule has 1 amide bonds. The van der Waals surface area contributed by atoms with Crippen molar-refractivity contribution in [2.75, 3.05) is 13.1 Å². The molecule has 1 aliphatic rings. The van der Waals surface area contributed by atoms with Gasteiger partial charge in [-0.15, -0.1) is 0 Å². The van der Waals surface area contributed by atoms with E-state index in [9.17, 15) is 4.79 Å². The van der Waals surface area contributed by atoms with Crippen LogP contribution in [0.25, 0.3) is 0 Å². The average Bonchev–Trinajstić information content (AvgIpc) is 2.43. The molecule has 3 nitrogen and oxygen atoms in total. The van der Waals surface area contributed by atoms with Gasteiger partial charge in [0.2, 0.25) is 0 Å². The van der Waals surface area contributed by atoms with Gasteiger partial charge in [0.1, 0.15) is 6.10 Å². The number of nitrogens with zero attached hydrogens (tertiary/aromatic N) is 1. The van der Waals surface area contributed by atoms with Crippen molar-refractivity contribution in [3.63, 3.8) is 0 Å². The highest BCUT2D eigenvalue weighted by Crippen LogP contribution is 2.13. The van der Waals surface area contributed by atoms with Crippen LogP contribution in [-0.4, -0.2) is 30.2 Å². The Hall–Kier alpha value is -0.730. The molecule has 0 bridgehead atoms. The standard InChI is InChI=1S/C9H17NO2/c1-3-5-6-10-7-8(4-2)12-9(10)11/h8H,3-7H2,1-2H3. The first-order chi connectivity index (χ1) is 5.77. The molecule has 0 radical (unpaired) electrons. The fourth-order valence-electron chi connectivity index (χ4n) is 1.32. The highest BCUT2D eigenvalue weighted by atomic mass is 16.6. The van der Waals surface area contributed by atoms with Crippen molar-refractivity contribution < 1.29 is 9.53 Å². The molecule has 70 valence electrons. The highest BCUT2D eigenvalue weighted by molar-refractivity contribution is 5.69. The lowest BCUT2D eigenvalue weighted by molar-refractivity contribution is 0.130. The van der Waals surface area contributed by atoms with Gasteiger partial charge in [0, 0.05) is 6.54 Å². The second-order valence-corrected chi connectivity index (χ2v) is 3.21. The van der Waals surface area contributed by atoms with Gasteiger partial charge in [-0.05, 0) is 12.8 Å². The van der Waals surface area contributed by atoms with E-state index in [2.05, 4.69) is 6.92 Å². The SMILES string of the molecule is CCCCN1CC(CC)OC1=O. The van der Waals surface area contributed by atoms with E-state index in [1.54, 1.807) is 4.90 Å². The summed E-state index contributed by atoms with van der Waals surface area (Å²) >= 11 is 0. The van der Waals surface area contributed by atoms with E-state index < -0.39 is 0 Å². The number of ether oxygens (including phenoxy) is 1. The van der Waals surface area contributed by atoms with E-state index in [4.69, 9.17) is 4.74 Å². The summed E-state index contributed by atoms with van der Waals surface area (Å²) in [5, 5.41) is 0.